The fourth-order valence-electron chi connectivity index (χ4n) is 2.87. The summed E-state index contributed by atoms with van der Waals surface area (Å²) in [5, 5.41) is 16.2. The van der Waals surface area contributed by atoms with Crippen molar-refractivity contribution in [3.05, 3.63) is 92.5 Å². The quantitative estimate of drug-likeness (QED) is 0.267. The summed E-state index contributed by atoms with van der Waals surface area (Å²) in [4.78, 5) is 10.7. The first-order valence-electron chi connectivity index (χ1n) is 9.51. The van der Waals surface area contributed by atoms with Crippen LogP contribution in [0.2, 0.25) is 5.02 Å². The van der Waals surface area contributed by atoms with E-state index in [1.54, 1.807) is 19.1 Å². The molecule has 0 bridgehead atoms. The molecule has 0 aliphatic carbocycles. The van der Waals surface area contributed by atoms with Crippen molar-refractivity contribution in [1.29, 1.82) is 0 Å². The number of nitrogens with one attached hydrogen (secondary N) is 2. The molecule has 166 valence electrons. The molecule has 3 aromatic carbocycles. The highest BCUT2D eigenvalue weighted by Gasteiger charge is 2.22. The number of nitro groups is 1. The second-order valence-corrected chi connectivity index (χ2v) is 9.28. The summed E-state index contributed by atoms with van der Waals surface area (Å²) >= 11 is 5.88. The van der Waals surface area contributed by atoms with E-state index in [2.05, 4.69) is 15.2 Å². The summed E-state index contributed by atoms with van der Waals surface area (Å²) in [5.74, 6) is 0. The molecule has 0 spiro atoms. The van der Waals surface area contributed by atoms with Crippen molar-refractivity contribution in [2.75, 3.05) is 10.1 Å². The molecule has 0 fully saturated rings. The molecule has 0 saturated heterocycles. The van der Waals surface area contributed by atoms with Crippen LogP contribution in [0.1, 0.15) is 23.6 Å². The maximum Gasteiger partial charge on any atom is 0.295 e. The topological polar surface area (TPSA) is 114 Å². The number of nitro benzene ring substituents is 1. The predicted molar refractivity (Wildman–Crippen MR) is 127 cm³/mol. The number of benzene rings is 3. The summed E-state index contributed by atoms with van der Waals surface area (Å²) in [7, 11) is -4.06. The van der Waals surface area contributed by atoms with Gasteiger partial charge in [0.25, 0.3) is 15.7 Å². The summed E-state index contributed by atoms with van der Waals surface area (Å²) in [6.45, 7) is 5.77. The summed E-state index contributed by atoms with van der Waals surface area (Å²) < 4.78 is 27.7. The Kier molecular flexibility index (Phi) is 6.81. The molecule has 0 heterocycles. The highest BCUT2D eigenvalue weighted by molar-refractivity contribution is 7.92. The van der Waals surface area contributed by atoms with Gasteiger partial charge in [-0.05, 0) is 73.9 Å². The van der Waals surface area contributed by atoms with Crippen LogP contribution >= 0.6 is 11.6 Å². The molecule has 0 aromatic heterocycles. The molecule has 3 rings (SSSR count). The number of sulfonamides is 1. The zero-order chi connectivity index (χ0) is 23.5. The molecule has 0 radical (unpaired) electrons. The van der Waals surface area contributed by atoms with Gasteiger partial charge in [0.15, 0.2) is 0 Å². The Bertz CT molecular complexity index is 1320. The van der Waals surface area contributed by atoms with Crippen LogP contribution in [0.25, 0.3) is 0 Å². The Morgan fingerprint density at radius 2 is 1.78 bits per heavy atom. The van der Waals surface area contributed by atoms with Crippen LogP contribution in [0.15, 0.2) is 70.7 Å². The molecule has 0 saturated carbocycles. The lowest BCUT2D eigenvalue weighted by atomic mass is 10.0. The summed E-state index contributed by atoms with van der Waals surface area (Å²) in [5.41, 5.74) is 6.31. The van der Waals surface area contributed by atoms with Crippen LogP contribution in [0.3, 0.4) is 0 Å². The lowest BCUT2D eigenvalue weighted by molar-refractivity contribution is -0.384. The second-order valence-electron chi connectivity index (χ2n) is 7.16. The van der Waals surface area contributed by atoms with E-state index < -0.39 is 20.6 Å². The van der Waals surface area contributed by atoms with E-state index in [0.717, 1.165) is 22.8 Å². The Labute approximate surface area is 191 Å². The minimum Gasteiger partial charge on any atom is -0.280 e. The molecule has 32 heavy (non-hydrogen) atoms. The molecule has 8 nitrogen and oxygen atoms in total. The predicted octanol–water partition coefficient (Wildman–Crippen LogP) is 5.50. The van der Waals surface area contributed by atoms with Gasteiger partial charge in [0.1, 0.15) is 5.69 Å². The lowest BCUT2D eigenvalue weighted by Gasteiger charge is -2.10. The molecular weight excluding hydrogens is 452 g/mol. The minimum atomic E-state index is -4.06. The van der Waals surface area contributed by atoms with Crippen LogP contribution in [0.5, 0.6) is 0 Å². The van der Waals surface area contributed by atoms with Crippen LogP contribution in [-0.2, 0) is 10.0 Å². The number of anilines is 2. The van der Waals surface area contributed by atoms with Crippen molar-refractivity contribution >= 4 is 44.4 Å². The summed E-state index contributed by atoms with van der Waals surface area (Å²) in [6.07, 6.45) is 0. The summed E-state index contributed by atoms with van der Waals surface area (Å²) in [6, 6.07) is 15.6. The molecule has 0 aliphatic rings. The second kappa shape index (κ2) is 9.37. The van der Waals surface area contributed by atoms with Gasteiger partial charge in [-0.1, -0.05) is 29.8 Å². The Morgan fingerprint density at radius 1 is 1.03 bits per heavy atom. The van der Waals surface area contributed by atoms with Gasteiger partial charge in [-0.15, -0.1) is 0 Å². The Hall–Kier alpha value is -3.43. The first-order valence-corrected chi connectivity index (χ1v) is 11.4. The Morgan fingerprint density at radius 3 is 2.44 bits per heavy atom. The van der Waals surface area contributed by atoms with Crippen molar-refractivity contribution < 1.29 is 13.3 Å². The fraction of sp³-hybridized carbons (Fsp3) is 0.136. The average molecular weight is 473 g/mol. The molecule has 0 unspecified atom stereocenters. The normalized spacial score (nSPS) is 11.8. The van der Waals surface area contributed by atoms with E-state index in [1.807, 2.05) is 32.0 Å². The molecule has 3 aromatic rings. The van der Waals surface area contributed by atoms with Gasteiger partial charge >= 0.3 is 0 Å². The van der Waals surface area contributed by atoms with E-state index in [1.165, 1.54) is 24.3 Å². The highest BCUT2D eigenvalue weighted by Crippen LogP contribution is 2.29. The third kappa shape index (κ3) is 5.43. The maximum absolute atomic E-state index is 12.7. The third-order valence-corrected chi connectivity index (χ3v) is 6.44. The number of hydrogen-bond donors (Lipinski definition) is 2. The van der Waals surface area contributed by atoms with Gasteiger partial charge in [0.2, 0.25) is 0 Å². The number of rotatable bonds is 7. The van der Waals surface area contributed by atoms with Gasteiger partial charge < -0.3 is 0 Å². The number of hydrazone groups is 1. The first-order chi connectivity index (χ1) is 15.1. The molecule has 0 atom stereocenters. The van der Waals surface area contributed by atoms with E-state index in [0.29, 0.717) is 10.7 Å². The number of hydrogen-bond acceptors (Lipinski definition) is 6. The van der Waals surface area contributed by atoms with Crippen LogP contribution in [-0.4, -0.2) is 19.1 Å². The maximum atomic E-state index is 12.7. The number of aryl methyl sites for hydroxylation is 2. The monoisotopic (exact) mass is 472 g/mol. The third-order valence-electron chi connectivity index (χ3n) is 4.82. The first kappa shape index (κ1) is 23.2. The molecular formula is C22H21ClN4O4S. The SMILES string of the molecule is CC(=NNc1ccc(S(=O)(=O)Nc2cccc(Cl)c2)cc1[N+](=O)[O-])c1ccc(C)c(C)c1. The zero-order valence-corrected chi connectivity index (χ0v) is 19.2. The molecule has 0 amide bonds. The smallest absolute Gasteiger partial charge is 0.280 e. The van der Waals surface area contributed by atoms with E-state index in [4.69, 9.17) is 11.6 Å². The molecule has 10 heteroatoms. The highest BCUT2D eigenvalue weighted by atomic mass is 35.5. The fourth-order valence-corrected chi connectivity index (χ4v) is 4.12. The van der Waals surface area contributed by atoms with E-state index in [9.17, 15) is 18.5 Å². The number of halogens is 1. The average Bonchev–Trinajstić information content (AvgIpc) is 2.73. The van der Waals surface area contributed by atoms with Gasteiger partial charge in [-0.3, -0.25) is 20.3 Å². The van der Waals surface area contributed by atoms with Crippen LogP contribution in [0.4, 0.5) is 17.1 Å². The van der Waals surface area contributed by atoms with Gasteiger partial charge in [-0.2, -0.15) is 5.10 Å². The number of nitrogens with zero attached hydrogens (tertiary/aromatic N) is 2. The zero-order valence-electron chi connectivity index (χ0n) is 17.6. The molecule has 2 N–H and O–H groups in total. The van der Waals surface area contributed by atoms with Crippen molar-refractivity contribution in [2.24, 2.45) is 5.10 Å². The largest absolute Gasteiger partial charge is 0.295 e. The molecule has 0 aliphatic heterocycles. The lowest BCUT2D eigenvalue weighted by Crippen LogP contribution is -2.13. The van der Waals surface area contributed by atoms with E-state index in [-0.39, 0.29) is 16.3 Å². The van der Waals surface area contributed by atoms with E-state index >= 15 is 0 Å². The van der Waals surface area contributed by atoms with Crippen molar-refractivity contribution in [3.8, 4) is 0 Å². The van der Waals surface area contributed by atoms with Crippen molar-refractivity contribution in [2.45, 2.75) is 25.7 Å². The standard InChI is InChI=1S/C22H21ClN4O4S/c1-14-7-8-17(11-15(14)2)16(3)24-25-21-10-9-20(13-22(21)27(28)29)32(30,31)26-19-6-4-5-18(23)12-19/h4-13,25-26H,1-3H3. The van der Waals surface area contributed by atoms with Crippen molar-refractivity contribution in [1.82, 2.24) is 0 Å². The Balaban J connectivity index is 1.88. The van der Waals surface area contributed by atoms with Gasteiger partial charge in [-0.25, -0.2) is 8.42 Å². The van der Waals surface area contributed by atoms with Gasteiger partial charge in [0, 0.05) is 11.1 Å². The van der Waals surface area contributed by atoms with Crippen LogP contribution < -0.4 is 10.1 Å². The van der Waals surface area contributed by atoms with Crippen molar-refractivity contribution in [3.63, 3.8) is 0 Å². The van der Waals surface area contributed by atoms with Gasteiger partial charge in [0.05, 0.1) is 21.2 Å². The van der Waals surface area contributed by atoms with Crippen LogP contribution in [0, 0.1) is 24.0 Å². The minimum absolute atomic E-state index is 0.0693.